The van der Waals surface area contributed by atoms with Gasteiger partial charge in [0.1, 0.15) is 0 Å². The Morgan fingerprint density at radius 3 is 2.80 bits per heavy atom. The van der Waals surface area contributed by atoms with Crippen molar-refractivity contribution in [1.82, 2.24) is 5.32 Å². The highest BCUT2D eigenvalue weighted by molar-refractivity contribution is 9.11. The van der Waals surface area contributed by atoms with Crippen molar-refractivity contribution in [2.75, 3.05) is 7.05 Å². The molecule has 15 heavy (non-hydrogen) atoms. The molecule has 0 bridgehead atoms. The molecule has 1 amide bonds. The minimum Gasteiger partial charge on any atom is -0.290 e. The molecule has 0 atom stereocenters. The van der Waals surface area contributed by atoms with Crippen LogP contribution < -0.4 is 11.1 Å². The van der Waals surface area contributed by atoms with Crippen LogP contribution in [0.1, 0.15) is 4.88 Å². The van der Waals surface area contributed by atoms with Crippen LogP contribution >= 0.6 is 27.3 Å². The largest absolute Gasteiger partial charge is 0.356 e. The Labute approximate surface area is 99.2 Å². The molecular formula is C9H9BrN3OS+. The third kappa shape index (κ3) is 1.95. The van der Waals surface area contributed by atoms with E-state index >= 15 is 0 Å². The molecule has 6 heteroatoms. The minimum atomic E-state index is -0.167. The SMILES string of the molecule is C[N+]1=C(N)NC(=O)C1=Cc1ccc(Br)s1. The Morgan fingerprint density at radius 2 is 2.33 bits per heavy atom. The van der Waals surface area contributed by atoms with E-state index in [1.54, 1.807) is 23.0 Å². The highest BCUT2D eigenvalue weighted by atomic mass is 79.9. The minimum absolute atomic E-state index is 0.167. The zero-order valence-corrected chi connectivity index (χ0v) is 10.4. The van der Waals surface area contributed by atoms with E-state index in [2.05, 4.69) is 21.2 Å². The first kappa shape index (κ1) is 10.4. The summed E-state index contributed by atoms with van der Waals surface area (Å²) in [5.74, 6) is 0.196. The summed E-state index contributed by atoms with van der Waals surface area (Å²) >= 11 is 4.93. The molecule has 1 aromatic heterocycles. The Hall–Kier alpha value is -1.14. The van der Waals surface area contributed by atoms with Crippen LogP contribution in [0.5, 0.6) is 0 Å². The Morgan fingerprint density at radius 1 is 1.60 bits per heavy atom. The number of likely N-dealkylation sites (N-methyl/N-ethyl adjacent to an activating group) is 1. The van der Waals surface area contributed by atoms with Gasteiger partial charge >= 0.3 is 11.9 Å². The first-order valence-electron chi connectivity index (χ1n) is 4.22. The van der Waals surface area contributed by atoms with E-state index < -0.39 is 0 Å². The van der Waals surface area contributed by atoms with Crippen LogP contribution in [0.4, 0.5) is 0 Å². The fourth-order valence-corrected chi connectivity index (χ4v) is 2.61. The fourth-order valence-electron chi connectivity index (χ4n) is 1.25. The zero-order chi connectivity index (χ0) is 11.0. The quantitative estimate of drug-likeness (QED) is 0.596. The average molecular weight is 287 g/mol. The lowest BCUT2D eigenvalue weighted by atomic mass is 10.3. The Kier molecular flexibility index (Phi) is 2.62. The maximum atomic E-state index is 11.5. The molecule has 0 aliphatic carbocycles. The molecule has 0 unspecified atom stereocenters. The second kappa shape index (κ2) is 3.79. The zero-order valence-electron chi connectivity index (χ0n) is 7.95. The maximum absolute atomic E-state index is 11.5. The number of hydrogen-bond donors (Lipinski definition) is 2. The molecule has 0 aromatic carbocycles. The lowest BCUT2D eigenvalue weighted by Gasteiger charge is -1.93. The van der Waals surface area contributed by atoms with E-state index in [0.717, 1.165) is 8.66 Å². The highest BCUT2D eigenvalue weighted by Crippen LogP contribution is 2.24. The average Bonchev–Trinajstić information content (AvgIpc) is 2.67. The lowest BCUT2D eigenvalue weighted by Crippen LogP contribution is -2.32. The van der Waals surface area contributed by atoms with Crippen LogP contribution in [-0.2, 0) is 4.79 Å². The van der Waals surface area contributed by atoms with E-state index in [1.807, 2.05) is 18.2 Å². The molecule has 2 rings (SSSR count). The van der Waals surface area contributed by atoms with Gasteiger partial charge in [-0.05, 0) is 28.1 Å². The summed E-state index contributed by atoms with van der Waals surface area (Å²) in [5.41, 5.74) is 6.14. The first-order valence-corrected chi connectivity index (χ1v) is 5.83. The molecule has 0 spiro atoms. The molecule has 78 valence electrons. The standard InChI is InChI=1S/C9H8BrN3OS/c1-13-6(8(14)12-9(13)11)4-5-2-3-7(10)15-5/h2-4H,1H3,(H2,11,12,14)/p+1. The number of thiophene rings is 1. The number of nitrogens with two attached hydrogens (primary N) is 1. The van der Waals surface area contributed by atoms with Gasteiger partial charge in [-0.3, -0.25) is 5.73 Å². The summed E-state index contributed by atoms with van der Waals surface area (Å²) in [4.78, 5) is 12.5. The van der Waals surface area contributed by atoms with Crippen molar-refractivity contribution < 1.29 is 9.37 Å². The Bertz CT molecular complexity index is 489. The number of carbonyl (C=O) groups is 1. The van der Waals surface area contributed by atoms with Gasteiger partial charge in [-0.15, -0.1) is 11.3 Å². The predicted octanol–water partition coefficient (Wildman–Crippen LogP) is 0.938. The molecule has 4 nitrogen and oxygen atoms in total. The van der Waals surface area contributed by atoms with Crippen molar-refractivity contribution in [3.63, 3.8) is 0 Å². The molecule has 1 aromatic rings. The molecule has 3 N–H and O–H groups in total. The maximum Gasteiger partial charge on any atom is 0.356 e. The summed E-state index contributed by atoms with van der Waals surface area (Å²) in [6, 6.07) is 3.88. The summed E-state index contributed by atoms with van der Waals surface area (Å²) in [6.45, 7) is 0. The van der Waals surface area contributed by atoms with Gasteiger partial charge in [0, 0.05) is 11.0 Å². The van der Waals surface area contributed by atoms with E-state index in [1.165, 1.54) is 0 Å². The fraction of sp³-hybridized carbons (Fsp3) is 0.111. The van der Waals surface area contributed by atoms with Crippen molar-refractivity contribution in [2.45, 2.75) is 0 Å². The van der Waals surface area contributed by atoms with Gasteiger partial charge < -0.3 is 0 Å². The molecule has 0 fully saturated rings. The summed E-state index contributed by atoms with van der Waals surface area (Å²) in [6.07, 6.45) is 1.81. The van der Waals surface area contributed by atoms with Crippen LogP contribution in [0.3, 0.4) is 0 Å². The highest BCUT2D eigenvalue weighted by Gasteiger charge is 2.28. The van der Waals surface area contributed by atoms with Gasteiger partial charge in [-0.25, -0.2) is 14.7 Å². The number of carbonyl (C=O) groups excluding carboxylic acids is 1. The van der Waals surface area contributed by atoms with Crippen molar-refractivity contribution >= 4 is 45.2 Å². The van der Waals surface area contributed by atoms with E-state index in [9.17, 15) is 4.79 Å². The lowest BCUT2D eigenvalue weighted by molar-refractivity contribution is -0.432. The van der Waals surface area contributed by atoms with Crippen molar-refractivity contribution in [2.24, 2.45) is 5.73 Å². The van der Waals surface area contributed by atoms with E-state index in [0.29, 0.717) is 11.7 Å². The second-order valence-corrected chi connectivity index (χ2v) is 5.56. The van der Waals surface area contributed by atoms with Crippen molar-refractivity contribution in [3.05, 3.63) is 26.5 Å². The normalized spacial score (nSPS) is 18.8. The van der Waals surface area contributed by atoms with Gasteiger partial charge in [0.2, 0.25) is 0 Å². The third-order valence-corrected chi connectivity index (χ3v) is 3.64. The summed E-state index contributed by atoms with van der Waals surface area (Å²) < 4.78 is 2.67. The Balaban J connectivity index is 2.39. The molecular weight excluding hydrogens is 278 g/mol. The number of guanidine groups is 1. The molecule has 0 radical (unpaired) electrons. The third-order valence-electron chi connectivity index (χ3n) is 2.07. The number of hydrogen-bond acceptors (Lipinski definition) is 3. The number of nitrogens with zero attached hydrogens (tertiary/aromatic N) is 1. The topological polar surface area (TPSA) is 58.1 Å². The van der Waals surface area contributed by atoms with Gasteiger partial charge in [-0.2, -0.15) is 0 Å². The van der Waals surface area contributed by atoms with Crippen molar-refractivity contribution in [3.8, 4) is 0 Å². The van der Waals surface area contributed by atoms with Crippen LogP contribution in [0.15, 0.2) is 21.6 Å². The van der Waals surface area contributed by atoms with E-state index in [-0.39, 0.29) is 5.91 Å². The van der Waals surface area contributed by atoms with Crippen LogP contribution in [0.25, 0.3) is 6.08 Å². The molecule has 0 saturated carbocycles. The second-order valence-electron chi connectivity index (χ2n) is 3.07. The number of amides is 1. The smallest absolute Gasteiger partial charge is 0.290 e. The van der Waals surface area contributed by atoms with Gasteiger partial charge in [0.15, 0.2) is 5.70 Å². The number of halogens is 1. The predicted molar refractivity (Wildman–Crippen MR) is 63.5 cm³/mol. The van der Waals surface area contributed by atoms with Gasteiger partial charge in [0.25, 0.3) is 0 Å². The summed E-state index contributed by atoms with van der Waals surface area (Å²) in [5, 5.41) is 2.55. The van der Waals surface area contributed by atoms with Crippen LogP contribution in [0.2, 0.25) is 0 Å². The van der Waals surface area contributed by atoms with Crippen LogP contribution in [0, 0.1) is 0 Å². The summed E-state index contributed by atoms with van der Waals surface area (Å²) in [7, 11) is 1.75. The monoisotopic (exact) mass is 286 g/mol. The molecule has 1 aliphatic heterocycles. The molecule has 1 aliphatic rings. The first-order chi connectivity index (χ1) is 7.08. The van der Waals surface area contributed by atoms with Crippen LogP contribution in [-0.4, -0.2) is 23.5 Å². The van der Waals surface area contributed by atoms with Gasteiger partial charge in [0.05, 0.1) is 10.8 Å². The van der Waals surface area contributed by atoms with Gasteiger partial charge in [-0.1, -0.05) is 0 Å². The number of rotatable bonds is 1. The molecule has 0 saturated heterocycles. The van der Waals surface area contributed by atoms with E-state index in [4.69, 9.17) is 5.73 Å². The molecule has 2 heterocycles. The number of nitrogens with one attached hydrogen (secondary N) is 1. The van der Waals surface area contributed by atoms with Crippen molar-refractivity contribution in [1.29, 1.82) is 0 Å².